The maximum Gasteiger partial charge on any atom is 0.257 e. The first kappa shape index (κ1) is 12.7. The number of halogens is 1. The summed E-state index contributed by atoms with van der Waals surface area (Å²) in [5, 5.41) is 1.33. The number of sulfonamides is 1. The van der Waals surface area contributed by atoms with Gasteiger partial charge >= 0.3 is 0 Å². The van der Waals surface area contributed by atoms with Crippen molar-refractivity contribution >= 4 is 26.0 Å². The van der Waals surface area contributed by atoms with Gasteiger partial charge in [0, 0.05) is 20.2 Å². The fraction of sp³-hybridized carbons (Fsp3) is 0.429. The zero-order valence-electron chi connectivity index (χ0n) is 8.32. The van der Waals surface area contributed by atoms with Crippen molar-refractivity contribution in [3.8, 4) is 0 Å². The Labute approximate surface area is 96.6 Å². The summed E-state index contributed by atoms with van der Waals surface area (Å²) in [5.41, 5.74) is 5.34. The minimum Gasteiger partial charge on any atom is -0.452 e. The van der Waals surface area contributed by atoms with Gasteiger partial charge in [-0.05, 0) is 15.9 Å². The molecule has 0 atom stereocenters. The minimum atomic E-state index is -3.60. The molecule has 0 aliphatic heterocycles. The van der Waals surface area contributed by atoms with E-state index in [0.29, 0.717) is 5.76 Å². The fourth-order valence-electron chi connectivity index (χ4n) is 0.971. The Morgan fingerprint density at radius 1 is 1.60 bits per heavy atom. The van der Waals surface area contributed by atoms with Gasteiger partial charge in [-0.3, -0.25) is 0 Å². The first-order valence-corrected chi connectivity index (χ1v) is 6.32. The summed E-state index contributed by atoms with van der Waals surface area (Å²) in [6.07, 6.45) is 0. The Bertz CT molecular complexity index is 440. The number of nitrogens with zero attached hydrogens (tertiary/aromatic N) is 1. The van der Waals surface area contributed by atoms with E-state index in [-0.39, 0.29) is 16.1 Å². The summed E-state index contributed by atoms with van der Waals surface area (Å²) in [7, 11) is -0.442. The standard InChI is InChI=1S/C7H12BrN3O3S/c1-11(2)10-15(12,13)6-3-5(4-9)14-7(6)8/h3,10H,4,9H2,1-2H3. The van der Waals surface area contributed by atoms with Gasteiger partial charge in [0.1, 0.15) is 10.7 Å². The number of nitrogens with two attached hydrogens (primary N) is 1. The third-order valence-corrected chi connectivity index (χ3v) is 3.84. The van der Waals surface area contributed by atoms with E-state index < -0.39 is 10.0 Å². The monoisotopic (exact) mass is 297 g/mol. The van der Waals surface area contributed by atoms with Crippen LogP contribution in [0.25, 0.3) is 0 Å². The van der Waals surface area contributed by atoms with Gasteiger partial charge in [0.15, 0.2) is 4.67 Å². The van der Waals surface area contributed by atoms with Crippen LogP contribution in [0.1, 0.15) is 5.76 Å². The lowest BCUT2D eigenvalue weighted by molar-refractivity contribution is 0.363. The van der Waals surface area contributed by atoms with Crippen molar-refractivity contribution in [1.82, 2.24) is 9.84 Å². The zero-order valence-corrected chi connectivity index (χ0v) is 10.7. The second kappa shape index (κ2) is 4.62. The molecule has 0 bridgehead atoms. The zero-order chi connectivity index (χ0) is 11.6. The van der Waals surface area contributed by atoms with E-state index >= 15 is 0 Å². The fourth-order valence-corrected chi connectivity index (χ4v) is 3.05. The van der Waals surface area contributed by atoms with Crippen LogP contribution in [0.15, 0.2) is 20.0 Å². The molecule has 3 N–H and O–H groups in total. The first-order valence-electron chi connectivity index (χ1n) is 4.05. The molecule has 0 spiro atoms. The average molecular weight is 298 g/mol. The molecule has 0 fully saturated rings. The maximum atomic E-state index is 11.7. The normalized spacial score (nSPS) is 12.3. The second-order valence-corrected chi connectivity index (χ2v) is 5.39. The number of nitrogens with one attached hydrogen (secondary N) is 1. The molecule has 0 amide bonds. The third-order valence-electron chi connectivity index (χ3n) is 1.50. The van der Waals surface area contributed by atoms with Crippen molar-refractivity contribution in [2.75, 3.05) is 14.1 Å². The van der Waals surface area contributed by atoms with Crippen LogP contribution < -0.4 is 10.6 Å². The molecule has 8 heteroatoms. The predicted molar refractivity (Wildman–Crippen MR) is 58.3 cm³/mol. The van der Waals surface area contributed by atoms with Crippen molar-refractivity contribution < 1.29 is 12.8 Å². The molecule has 15 heavy (non-hydrogen) atoms. The highest BCUT2D eigenvalue weighted by molar-refractivity contribution is 9.10. The topological polar surface area (TPSA) is 88.6 Å². The van der Waals surface area contributed by atoms with Crippen molar-refractivity contribution in [1.29, 1.82) is 0 Å². The molecule has 0 saturated carbocycles. The Kier molecular flexibility index (Phi) is 3.90. The summed E-state index contributed by atoms with van der Waals surface area (Å²) >= 11 is 3.02. The van der Waals surface area contributed by atoms with Crippen LogP contribution in [-0.4, -0.2) is 27.5 Å². The summed E-state index contributed by atoms with van der Waals surface area (Å²) in [5.74, 6) is 0.404. The van der Waals surface area contributed by atoms with Crippen molar-refractivity contribution in [2.24, 2.45) is 5.73 Å². The molecule has 0 aromatic carbocycles. The smallest absolute Gasteiger partial charge is 0.257 e. The van der Waals surface area contributed by atoms with Crippen molar-refractivity contribution in [2.45, 2.75) is 11.4 Å². The summed E-state index contributed by atoms with van der Waals surface area (Å²) in [4.78, 5) is 2.33. The van der Waals surface area contributed by atoms with E-state index in [0.717, 1.165) is 0 Å². The largest absolute Gasteiger partial charge is 0.452 e. The second-order valence-electron chi connectivity index (χ2n) is 3.04. The highest BCUT2D eigenvalue weighted by atomic mass is 79.9. The quantitative estimate of drug-likeness (QED) is 0.778. The average Bonchev–Trinajstić information content (AvgIpc) is 2.45. The molecule has 6 nitrogen and oxygen atoms in total. The molecule has 86 valence electrons. The minimum absolute atomic E-state index is 0.0386. The van der Waals surface area contributed by atoms with E-state index in [1.54, 1.807) is 14.1 Å². The Hall–Kier alpha value is -0.410. The van der Waals surface area contributed by atoms with Crippen molar-refractivity contribution in [3.63, 3.8) is 0 Å². The highest BCUT2D eigenvalue weighted by Crippen LogP contribution is 2.25. The van der Waals surface area contributed by atoms with Gasteiger partial charge in [0.25, 0.3) is 10.0 Å². The lowest BCUT2D eigenvalue weighted by Gasteiger charge is -2.10. The van der Waals surface area contributed by atoms with E-state index in [1.165, 1.54) is 11.1 Å². The Balaban J connectivity index is 3.09. The lowest BCUT2D eigenvalue weighted by Crippen LogP contribution is -2.36. The molecule has 1 aromatic heterocycles. The van der Waals surface area contributed by atoms with E-state index in [2.05, 4.69) is 20.8 Å². The van der Waals surface area contributed by atoms with Gasteiger partial charge < -0.3 is 10.2 Å². The van der Waals surface area contributed by atoms with Crippen LogP contribution in [0.3, 0.4) is 0 Å². The number of hydrazine groups is 1. The molecule has 0 unspecified atom stereocenters. The molecule has 0 aliphatic rings. The van der Waals surface area contributed by atoms with Gasteiger partial charge in [-0.1, -0.05) is 0 Å². The van der Waals surface area contributed by atoms with Gasteiger partial charge in [-0.2, -0.15) is 0 Å². The summed E-state index contributed by atoms with van der Waals surface area (Å²) in [6, 6.07) is 1.38. The van der Waals surface area contributed by atoms with Gasteiger partial charge in [0.05, 0.1) is 6.54 Å². The molecular formula is C7H12BrN3O3S. The van der Waals surface area contributed by atoms with Gasteiger partial charge in [0.2, 0.25) is 0 Å². The van der Waals surface area contributed by atoms with Crippen molar-refractivity contribution in [3.05, 3.63) is 16.5 Å². The van der Waals surface area contributed by atoms with E-state index in [4.69, 9.17) is 10.2 Å². The summed E-state index contributed by atoms with van der Waals surface area (Å²) in [6.45, 7) is 0.149. The molecule has 0 saturated heterocycles. The molecule has 0 radical (unpaired) electrons. The maximum absolute atomic E-state index is 11.7. The van der Waals surface area contributed by atoms with E-state index in [1.807, 2.05) is 0 Å². The van der Waals surface area contributed by atoms with Crippen LogP contribution in [0.5, 0.6) is 0 Å². The van der Waals surface area contributed by atoms with Crippen LogP contribution in [0.4, 0.5) is 0 Å². The van der Waals surface area contributed by atoms with Crippen LogP contribution in [-0.2, 0) is 16.6 Å². The molecule has 0 aliphatic carbocycles. The Morgan fingerprint density at radius 2 is 2.20 bits per heavy atom. The summed E-state index contributed by atoms with van der Waals surface area (Å²) < 4.78 is 28.7. The number of rotatable bonds is 4. The molecule has 1 aromatic rings. The number of hydrogen-bond acceptors (Lipinski definition) is 5. The van der Waals surface area contributed by atoms with Crippen LogP contribution >= 0.6 is 15.9 Å². The molecular weight excluding hydrogens is 286 g/mol. The highest BCUT2D eigenvalue weighted by Gasteiger charge is 2.22. The molecule has 1 heterocycles. The first-order chi connectivity index (χ1) is 6.86. The van der Waals surface area contributed by atoms with Crippen LogP contribution in [0.2, 0.25) is 0 Å². The van der Waals surface area contributed by atoms with Gasteiger partial charge in [-0.15, -0.1) is 4.83 Å². The molecule has 1 rings (SSSR count). The third kappa shape index (κ3) is 3.02. The SMILES string of the molecule is CN(C)NS(=O)(=O)c1cc(CN)oc1Br. The number of hydrogen-bond donors (Lipinski definition) is 2. The van der Waals surface area contributed by atoms with E-state index in [9.17, 15) is 8.42 Å². The van der Waals surface area contributed by atoms with Crippen LogP contribution in [0, 0.1) is 0 Å². The van der Waals surface area contributed by atoms with Gasteiger partial charge in [-0.25, -0.2) is 13.4 Å². The Morgan fingerprint density at radius 3 is 2.60 bits per heavy atom. The lowest BCUT2D eigenvalue weighted by atomic mass is 10.5. The number of furan rings is 1. The predicted octanol–water partition coefficient (Wildman–Crippen LogP) is 0.256.